The summed E-state index contributed by atoms with van der Waals surface area (Å²) in [6.45, 7) is 16.2. The van der Waals surface area contributed by atoms with E-state index in [1.807, 2.05) is 34.7 Å². The van der Waals surface area contributed by atoms with Crippen molar-refractivity contribution in [1.29, 1.82) is 0 Å². The third-order valence-electron chi connectivity index (χ3n) is 4.06. The van der Waals surface area contributed by atoms with Crippen LogP contribution in [0.5, 0.6) is 0 Å². The molecule has 0 saturated carbocycles. The minimum atomic E-state index is -0.340. The van der Waals surface area contributed by atoms with Crippen LogP contribution in [0.3, 0.4) is 0 Å². The van der Waals surface area contributed by atoms with Crippen molar-refractivity contribution in [2.75, 3.05) is 26.8 Å². The van der Waals surface area contributed by atoms with Gasteiger partial charge in [-0.1, -0.05) is 41.5 Å². The quantitative estimate of drug-likeness (QED) is 0.443. The molecule has 0 aromatic heterocycles. The van der Waals surface area contributed by atoms with Gasteiger partial charge in [0, 0.05) is 19.6 Å². The zero-order valence-electron chi connectivity index (χ0n) is 17.3. The predicted octanol–water partition coefficient (Wildman–Crippen LogP) is 3.20. The van der Waals surface area contributed by atoms with Gasteiger partial charge in [0.25, 0.3) is 0 Å². The Balaban J connectivity index is -0.000000337. The number of likely N-dealkylation sites (N-methyl/N-ethyl adjacent to an activating group) is 1. The molecule has 1 unspecified atom stereocenters. The van der Waals surface area contributed by atoms with Crippen molar-refractivity contribution in [3.8, 4) is 0 Å². The molecular weight excluding hydrogens is 304 g/mol. The number of hydrogen-bond acceptors (Lipinski definition) is 5. The van der Waals surface area contributed by atoms with Crippen LogP contribution in [-0.2, 0) is 14.3 Å². The van der Waals surface area contributed by atoms with E-state index in [-0.39, 0.29) is 17.2 Å². The Morgan fingerprint density at radius 2 is 1.75 bits per heavy atom. The average Bonchev–Trinajstić information content (AvgIpc) is 2.55. The molecule has 0 aliphatic carbocycles. The Kier molecular flexibility index (Phi) is 21.7. The van der Waals surface area contributed by atoms with E-state index in [9.17, 15) is 9.59 Å². The number of ether oxygens (including phenoxy) is 1. The molecular formula is C19H42N2O3. The first kappa shape index (κ1) is 28.0. The van der Waals surface area contributed by atoms with E-state index >= 15 is 0 Å². The molecule has 24 heavy (non-hydrogen) atoms. The molecule has 0 aliphatic rings. The number of nitrogens with one attached hydrogen (secondary N) is 1. The summed E-state index contributed by atoms with van der Waals surface area (Å²) >= 11 is 0. The number of nitrogens with two attached hydrogens (primary N) is 1. The number of ketones is 1. The largest absolute Gasteiger partial charge is 0.380 e. The minimum Gasteiger partial charge on any atom is -0.380 e. The molecule has 0 bridgehead atoms. The standard InChI is InChI=1S/C9H19NO2.C8H17NO.C2H6/c1-9(11)5-3-4-7-12-8-6-10-2;1-6(2)8(3,4)7(9)5-10;1-2/h10H,3-8H2,1-2H3;5-7H,9H2,1-4H3;1-2H3. The third kappa shape index (κ3) is 17.6. The van der Waals surface area contributed by atoms with E-state index in [0.717, 1.165) is 38.9 Å². The van der Waals surface area contributed by atoms with E-state index in [4.69, 9.17) is 10.5 Å². The van der Waals surface area contributed by atoms with E-state index in [1.54, 1.807) is 6.92 Å². The number of Topliss-reactive ketones (excluding diaryl/α,β-unsaturated/α-hetero) is 1. The van der Waals surface area contributed by atoms with Crippen molar-refractivity contribution in [3.05, 3.63) is 0 Å². The van der Waals surface area contributed by atoms with Crippen molar-refractivity contribution in [2.45, 2.75) is 73.8 Å². The highest BCUT2D eigenvalue weighted by atomic mass is 16.5. The van der Waals surface area contributed by atoms with Gasteiger partial charge >= 0.3 is 0 Å². The maximum atomic E-state index is 10.5. The van der Waals surface area contributed by atoms with Crippen LogP contribution in [-0.4, -0.2) is 44.9 Å². The van der Waals surface area contributed by atoms with Gasteiger partial charge in [-0.2, -0.15) is 0 Å². The van der Waals surface area contributed by atoms with Gasteiger partial charge in [0.05, 0.1) is 12.6 Å². The molecule has 3 N–H and O–H groups in total. The average molecular weight is 347 g/mol. The fraction of sp³-hybridized carbons (Fsp3) is 0.895. The van der Waals surface area contributed by atoms with Crippen LogP contribution in [0.15, 0.2) is 0 Å². The zero-order chi connectivity index (χ0) is 19.6. The van der Waals surface area contributed by atoms with E-state index in [2.05, 4.69) is 19.2 Å². The predicted molar refractivity (Wildman–Crippen MR) is 103 cm³/mol. The minimum absolute atomic E-state index is 0.0816. The van der Waals surface area contributed by atoms with Crippen molar-refractivity contribution < 1.29 is 14.3 Å². The summed E-state index contributed by atoms with van der Waals surface area (Å²) in [6.07, 6.45) is 3.45. The monoisotopic (exact) mass is 346 g/mol. The molecule has 1 atom stereocenters. The number of unbranched alkanes of at least 4 members (excludes halogenated alkanes) is 1. The summed E-state index contributed by atoms with van der Waals surface area (Å²) in [7, 11) is 1.90. The Bertz CT molecular complexity index is 292. The highest BCUT2D eigenvalue weighted by Gasteiger charge is 2.29. The van der Waals surface area contributed by atoms with Crippen molar-refractivity contribution in [1.82, 2.24) is 5.32 Å². The number of aldehydes is 1. The van der Waals surface area contributed by atoms with Gasteiger partial charge in [0.15, 0.2) is 0 Å². The first-order valence-electron chi connectivity index (χ1n) is 9.12. The summed E-state index contributed by atoms with van der Waals surface area (Å²) in [5, 5.41) is 3.00. The van der Waals surface area contributed by atoms with Gasteiger partial charge in [-0.3, -0.25) is 0 Å². The second-order valence-corrected chi connectivity index (χ2v) is 6.51. The van der Waals surface area contributed by atoms with Crippen LogP contribution in [0, 0.1) is 11.3 Å². The second-order valence-electron chi connectivity index (χ2n) is 6.51. The second kappa shape index (κ2) is 18.6. The van der Waals surface area contributed by atoms with Crippen LogP contribution in [0.4, 0.5) is 0 Å². The fourth-order valence-electron chi connectivity index (χ4n) is 1.41. The molecule has 0 rings (SSSR count). The molecule has 0 heterocycles. The fourth-order valence-corrected chi connectivity index (χ4v) is 1.41. The molecule has 146 valence electrons. The Labute approximate surface area is 150 Å². The molecule has 0 aliphatic heterocycles. The maximum absolute atomic E-state index is 10.5. The van der Waals surface area contributed by atoms with Crippen molar-refractivity contribution >= 4 is 12.1 Å². The molecule has 0 aromatic carbocycles. The maximum Gasteiger partial charge on any atom is 0.137 e. The summed E-state index contributed by atoms with van der Waals surface area (Å²) in [5.74, 6) is 0.706. The number of carbonyl (C=O) groups is 2. The smallest absolute Gasteiger partial charge is 0.137 e. The molecule has 0 spiro atoms. The van der Waals surface area contributed by atoms with Gasteiger partial charge in [-0.25, -0.2) is 0 Å². The lowest BCUT2D eigenvalue weighted by molar-refractivity contribution is -0.117. The molecule has 0 aromatic rings. The molecule has 5 nitrogen and oxygen atoms in total. The Morgan fingerprint density at radius 1 is 1.21 bits per heavy atom. The molecule has 0 amide bonds. The SMILES string of the molecule is CC.CC(C)C(C)(C)C(N)C=O.CNCCOCCCCC(C)=O. The van der Waals surface area contributed by atoms with Crippen LogP contribution >= 0.6 is 0 Å². The summed E-state index contributed by atoms with van der Waals surface area (Å²) < 4.78 is 5.28. The van der Waals surface area contributed by atoms with Crippen LogP contribution in [0.1, 0.15) is 67.7 Å². The molecule has 0 radical (unpaired) electrons. The van der Waals surface area contributed by atoms with Gasteiger partial charge < -0.3 is 25.4 Å². The number of rotatable bonds is 11. The van der Waals surface area contributed by atoms with Crippen LogP contribution in [0.25, 0.3) is 0 Å². The normalized spacial score (nSPS) is 11.8. The third-order valence-corrected chi connectivity index (χ3v) is 4.06. The van der Waals surface area contributed by atoms with Gasteiger partial charge in [0.2, 0.25) is 0 Å². The summed E-state index contributed by atoms with van der Waals surface area (Å²) in [6, 6.07) is -0.340. The van der Waals surface area contributed by atoms with Gasteiger partial charge in [-0.15, -0.1) is 0 Å². The lowest BCUT2D eigenvalue weighted by Gasteiger charge is -2.32. The van der Waals surface area contributed by atoms with Crippen LogP contribution in [0.2, 0.25) is 0 Å². The lowest BCUT2D eigenvalue weighted by Crippen LogP contribution is -2.42. The van der Waals surface area contributed by atoms with Crippen molar-refractivity contribution in [2.24, 2.45) is 17.1 Å². The summed E-state index contributed by atoms with van der Waals surface area (Å²) in [5.41, 5.74) is 5.50. The van der Waals surface area contributed by atoms with E-state index in [1.165, 1.54) is 0 Å². The first-order valence-corrected chi connectivity index (χ1v) is 9.12. The van der Waals surface area contributed by atoms with E-state index < -0.39 is 0 Å². The molecule has 0 fully saturated rings. The van der Waals surface area contributed by atoms with Crippen molar-refractivity contribution in [3.63, 3.8) is 0 Å². The zero-order valence-corrected chi connectivity index (χ0v) is 17.3. The number of hydrogen-bond donors (Lipinski definition) is 2. The Morgan fingerprint density at radius 3 is 2.08 bits per heavy atom. The highest BCUT2D eigenvalue weighted by Crippen LogP contribution is 2.27. The van der Waals surface area contributed by atoms with Gasteiger partial charge in [-0.05, 0) is 38.1 Å². The molecule has 0 saturated heterocycles. The highest BCUT2D eigenvalue weighted by molar-refractivity contribution is 5.75. The van der Waals surface area contributed by atoms with Crippen LogP contribution < -0.4 is 11.1 Å². The lowest BCUT2D eigenvalue weighted by atomic mass is 9.76. The summed E-state index contributed by atoms with van der Waals surface area (Å²) in [4.78, 5) is 20.9. The first-order chi connectivity index (χ1) is 11.2. The Hall–Kier alpha value is -0.780. The molecule has 5 heteroatoms. The topological polar surface area (TPSA) is 81.4 Å². The van der Waals surface area contributed by atoms with E-state index in [0.29, 0.717) is 12.3 Å². The van der Waals surface area contributed by atoms with Gasteiger partial charge in [0.1, 0.15) is 12.1 Å². The number of carbonyl (C=O) groups excluding carboxylic acids is 2.